The van der Waals surface area contributed by atoms with Crippen LogP contribution < -0.4 is 5.32 Å². The number of fused-ring (bicyclic) bond motifs is 1. The van der Waals surface area contributed by atoms with Crippen LogP contribution in [0.5, 0.6) is 0 Å². The molecular formula is C23H23N5O. The lowest BCUT2D eigenvalue weighted by Crippen LogP contribution is -2.12. The van der Waals surface area contributed by atoms with Gasteiger partial charge in [0.15, 0.2) is 11.4 Å². The summed E-state index contributed by atoms with van der Waals surface area (Å²) in [6.07, 6.45) is 3.62. The van der Waals surface area contributed by atoms with Crippen molar-refractivity contribution in [1.29, 1.82) is 0 Å². The van der Waals surface area contributed by atoms with Crippen LogP contribution in [0.4, 0.5) is 11.6 Å². The molecule has 0 atom stereocenters. The first-order valence-corrected chi connectivity index (χ1v) is 9.56. The van der Waals surface area contributed by atoms with Gasteiger partial charge in [-0.25, -0.2) is 9.97 Å². The van der Waals surface area contributed by atoms with Crippen LogP contribution in [-0.2, 0) is 11.8 Å². The number of ketones is 1. The Morgan fingerprint density at radius 1 is 1.03 bits per heavy atom. The molecule has 4 rings (SSSR count). The SMILES string of the molecule is CC(C)(C)c1ccc(C(=O)Cc2cc(Nc3ccccn3)n3nccc3n2)cc1. The van der Waals surface area contributed by atoms with Crippen molar-refractivity contribution in [3.05, 3.63) is 83.8 Å². The van der Waals surface area contributed by atoms with Crippen molar-refractivity contribution in [2.24, 2.45) is 0 Å². The van der Waals surface area contributed by atoms with E-state index in [2.05, 4.69) is 41.2 Å². The minimum Gasteiger partial charge on any atom is -0.325 e. The van der Waals surface area contributed by atoms with Crippen LogP contribution >= 0.6 is 0 Å². The topological polar surface area (TPSA) is 72.2 Å². The van der Waals surface area contributed by atoms with Crippen molar-refractivity contribution in [3.63, 3.8) is 0 Å². The van der Waals surface area contributed by atoms with Gasteiger partial charge < -0.3 is 5.32 Å². The Bertz CT molecular complexity index is 1140. The number of nitrogens with one attached hydrogen (secondary N) is 1. The Labute approximate surface area is 169 Å². The molecule has 0 bridgehead atoms. The molecule has 3 aromatic heterocycles. The van der Waals surface area contributed by atoms with Crippen LogP contribution in [0.25, 0.3) is 5.65 Å². The number of carbonyl (C=O) groups excluding carboxylic acids is 1. The molecule has 6 nitrogen and oxygen atoms in total. The molecule has 0 spiro atoms. The van der Waals surface area contributed by atoms with Crippen molar-refractivity contribution >= 4 is 23.1 Å². The molecule has 29 heavy (non-hydrogen) atoms. The highest BCUT2D eigenvalue weighted by Gasteiger charge is 2.16. The molecule has 0 amide bonds. The number of hydrogen-bond donors (Lipinski definition) is 1. The molecule has 0 aliphatic heterocycles. The Morgan fingerprint density at radius 2 is 1.83 bits per heavy atom. The second kappa shape index (κ2) is 7.47. The summed E-state index contributed by atoms with van der Waals surface area (Å²) in [6, 6.07) is 17.1. The number of anilines is 2. The third kappa shape index (κ3) is 4.16. The van der Waals surface area contributed by atoms with E-state index in [9.17, 15) is 4.79 Å². The quantitative estimate of drug-likeness (QED) is 0.509. The fourth-order valence-corrected chi connectivity index (χ4v) is 3.14. The van der Waals surface area contributed by atoms with E-state index in [1.807, 2.05) is 54.6 Å². The van der Waals surface area contributed by atoms with Crippen molar-refractivity contribution in [1.82, 2.24) is 19.6 Å². The standard InChI is InChI=1S/C23H23N5O/c1-23(2,3)17-9-7-16(8-10-17)19(29)14-18-15-22(27-20-6-4-5-12-24-20)28-21(26-18)11-13-25-28/h4-13,15H,14H2,1-3H3,(H,24,27). The zero-order chi connectivity index (χ0) is 20.4. The number of Topliss-reactive ketones (excluding diaryl/α,β-unsaturated/α-hetero) is 1. The van der Waals surface area contributed by atoms with Gasteiger partial charge in [-0.05, 0) is 23.1 Å². The van der Waals surface area contributed by atoms with E-state index >= 15 is 0 Å². The number of hydrogen-bond acceptors (Lipinski definition) is 5. The van der Waals surface area contributed by atoms with E-state index in [0.717, 1.165) is 0 Å². The van der Waals surface area contributed by atoms with Crippen LogP contribution in [-0.4, -0.2) is 25.4 Å². The van der Waals surface area contributed by atoms with E-state index in [-0.39, 0.29) is 17.6 Å². The zero-order valence-electron chi connectivity index (χ0n) is 16.8. The van der Waals surface area contributed by atoms with E-state index in [1.165, 1.54) is 5.56 Å². The maximum atomic E-state index is 12.8. The lowest BCUT2D eigenvalue weighted by molar-refractivity contribution is 0.0992. The van der Waals surface area contributed by atoms with Gasteiger partial charge in [0.05, 0.1) is 18.3 Å². The van der Waals surface area contributed by atoms with Crippen molar-refractivity contribution in [3.8, 4) is 0 Å². The summed E-state index contributed by atoms with van der Waals surface area (Å²) in [5.74, 6) is 1.45. The average molecular weight is 385 g/mol. The van der Waals surface area contributed by atoms with Crippen LogP contribution in [0.15, 0.2) is 67.0 Å². The first kappa shape index (κ1) is 18.8. The van der Waals surface area contributed by atoms with Gasteiger partial charge >= 0.3 is 0 Å². The third-order valence-corrected chi connectivity index (χ3v) is 4.75. The average Bonchev–Trinajstić information content (AvgIpc) is 3.17. The summed E-state index contributed by atoms with van der Waals surface area (Å²) in [5, 5.41) is 7.55. The molecule has 1 N–H and O–H groups in total. The predicted octanol–water partition coefficient (Wildman–Crippen LogP) is 4.59. The normalized spacial score (nSPS) is 11.6. The lowest BCUT2D eigenvalue weighted by Gasteiger charge is -2.19. The Balaban J connectivity index is 1.60. The minimum absolute atomic E-state index is 0.0330. The van der Waals surface area contributed by atoms with Crippen molar-refractivity contribution < 1.29 is 4.79 Å². The van der Waals surface area contributed by atoms with E-state index in [0.29, 0.717) is 28.5 Å². The van der Waals surface area contributed by atoms with Gasteiger partial charge in [0.25, 0.3) is 0 Å². The molecule has 0 radical (unpaired) electrons. The first-order valence-electron chi connectivity index (χ1n) is 9.56. The molecule has 0 aliphatic rings. The third-order valence-electron chi connectivity index (χ3n) is 4.75. The molecule has 0 aliphatic carbocycles. The maximum absolute atomic E-state index is 12.8. The monoisotopic (exact) mass is 385 g/mol. The fourth-order valence-electron chi connectivity index (χ4n) is 3.14. The van der Waals surface area contributed by atoms with Gasteiger partial charge in [0, 0.05) is 23.9 Å². The smallest absolute Gasteiger partial charge is 0.168 e. The van der Waals surface area contributed by atoms with Gasteiger partial charge in [-0.1, -0.05) is 51.1 Å². The van der Waals surface area contributed by atoms with Crippen LogP contribution in [0, 0.1) is 0 Å². The molecular weight excluding hydrogens is 362 g/mol. The summed E-state index contributed by atoms with van der Waals surface area (Å²) in [4.78, 5) is 21.7. The summed E-state index contributed by atoms with van der Waals surface area (Å²) >= 11 is 0. The van der Waals surface area contributed by atoms with Crippen LogP contribution in [0.2, 0.25) is 0 Å². The molecule has 146 valence electrons. The predicted molar refractivity (Wildman–Crippen MR) is 114 cm³/mol. The second-order valence-electron chi connectivity index (χ2n) is 8.00. The number of carbonyl (C=O) groups is 1. The second-order valence-corrected chi connectivity index (χ2v) is 8.00. The number of nitrogens with zero attached hydrogens (tertiary/aromatic N) is 4. The fraction of sp³-hybridized carbons (Fsp3) is 0.217. The molecule has 0 saturated carbocycles. The van der Waals surface area contributed by atoms with E-state index in [1.54, 1.807) is 16.9 Å². The molecule has 1 aromatic carbocycles. The highest BCUT2D eigenvalue weighted by molar-refractivity contribution is 5.97. The van der Waals surface area contributed by atoms with Crippen molar-refractivity contribution in [2.45, 2.75) is 32.6 Å². The van der Waals surface area contributed by atoms with Gasteiger partial charge in [-0.15, -0.1) is 0 Å². The highest BCUT2D eigenvalue weighted by Crippen LogP contribution is 2.23. The molecule has 0 saturated heterocycles. The first-order chi connectivity index (χ1) is 13.9. The van der Waals surface area contributed by atoms with Crippen LogP contribution in [0.1, 0.15) is 42.4 Å². The van der Waals surface area contributed by atoms with E-state index < -0.39 is 0 Å². The number of benzene rings is 1. The Morgan fingerprint density at radius 3 is 2.52 bits per heavy atom. The molecule has 3 heterocycles. The van der Waals surface area contributed by atoms with Gasteiger partial charge in [0.2, 0.25) is 0 Å². The summed E-state index contributed by atoms with van der Waals surface area (Å²) < 4.78 is 1.70. The molecule has 6 heteroatoms. The highest BCUT2D eigenvalue weighted by atomic mass is 16.1. The number of pyridine rings is 1. The van der Waals surface area contributed by atoms with E-state index in [4.69, 9.17) is 0 Å². The summed E-state index contributed by atoms with van der Waals surface area (Å²) in [7, 11) is 0. The number of aromatic nitrogens is 4. The minimum atomic E-state index is 0.0330. The molecule has 0 unspecified atom stereocenters. The summed E-state index contributed by atoms with van der Waals surface area (Å²) in [6.45, 7) is 6.47. The lowest BCUT2D eigenvalue weighted by atomic mass is 9.86. The van der Waals surface area contributed by atoms with Crippen LogP contribution in [0.3, 0.4) is 0 Å². The Hall–Kier alpha value is -3.54. The number of rotatable bonds is 5. The molecule has 4 aromatic rings. The largest absolute Gasteiger partial charge is 0.325 e. The Kier molecular flexibility index (Phi) is 4.84. The van der Waals surface area contributed by atoms with Gasteiger partial charge in [-0.3, -0.25) is 4.79 Å². The molecule has 0 fully saturated rings. The maximum Gasteiger partial charge on any atom is 0.168 e. The van der Waals surface area contributed by atoms with Gasteiger partial charge in [-0.2, -0.15) is 9.61 Å². The zero-order valence-corrected chi connectivity index (χ0v) is 16.8. The van der Waals surface area contributed by atoms with Gasteiger partial charge in [0.1, 0.15) is 11.6 Å². The summed E-state index contributed by atoms with van der Waals surface area (Å²) in [5.41, 5.74) is 3.31. The van der Waals surface area contributed by atoms with Crippen molar-refractivity contribution in [2.75, 3.05) is 5.32 Å².